The number of anilines is 2. The van der Waals surface area contributed by atoms with Crippen molar-refractivity contribution in [2.45, 2.75) is 20.3 Å². The molecule has 0 aliphatic rings. The highest BCUT2D eigenvalue weighted by Crippen LogP contribution is 2.22. The van der Waals surface area contributed by atoms with Gasteiger partial charge in [-0.1, -0.05) is 0 Å². The van der Waals surface area contributed by atoms with Crippen LogP contribution in [0.25, 0.3) is 11.0 Å². The Bertz CT molecular complexity index is 632. The summed E-state index contributed by atoms with van der Waals surface area (Å²) in [5, 5.41) is 6.29. The molecule has 0 spiro atoms. The second-order valence-corrected chi connectivity index (χ2v) is 4.73. The van der Waals surface area contributed by atoms with E-state index in [0.29, 0.717) is 30.5 Å². The minimum absolute atomic E-state index is 0.331. The first kappa shape index (κ1) is 15.3. The van der Waals surface area contributed by atoms with Crippen molar-refractivity contribution in [2.75, 3.05) is 30.7 Å². The van der Waals surface area contributed by atoms with Crippen LogP contribution in [0.2, 0.25) is 0 Å². The molecule has 0 aliphatic carbocycles. The number of hydrogen-bond donors (Lipinski definition) is 3. The van der Waals surface area contributed by atoms with E-state index in [1.807, 2.05) is 19.9 Å². The molecule has 0 aliphatic heterocycles. The van der Waals surface area contributed by atoms with Crippen molar-refractivity contribution < 1.29 is 8.78 Å². The second kappa shape index (κ2) is 6.57. The number of nitrogens with zero attached hydrogens (tertiary/aromatic N) is 3. The molecule has 21 heavy (non-hydrogen) atoms. The van der Waals surface area contributed by atoms with Crippen LogP contribution in [0.15, 0.2) is 6.07 Å². The summed E-state index contributed by atoms with van der Waals surface area (Å²) >= 11 is 0. The van der Waals surface area contributed by atoms with Crippen molar-refractivity contribution >= 4 is 22.8 Å². The quantitative estimate of drug-likeness (QED) is 0.700. The summed E-state index contributed by atoms with van der Waals surface area (Å²) in [6, 6.07) is 1.92. The first-order valence-electron chi connectivity index (χ1n) is 6.61. The van der Waals surface area contributed by atoms with Crippen molar-refractivity contribution in [3.8, 4) is 0 Å². The van der Waals surface area contributed by atoms with Gasteiger partial charge in [-0.3, -0.25) is 0 Å². The summed E-state index contributed by atoms with van der Waals surface area (Å²) < 4.78 is 23.9. The van der Waals surface area contributed by atoms with Gasteiger partial charge in [-0.2, -0.15) is 9.97 Å². The number of nitrogen functional groups attached to an aromatic ring is 1. The first-order chi connectivity index (χ1) is 9.97. The Morgan fingerprint density at radius 1 is 1.19 bits per heavy atom. The van der Waals surface area contributed by atoms with Gasteiger partial charge >= 0.3 is 0 Å². The van der Waals surface area contributed by atoms with Gasteiger partial charge in [0.05, 0.1) is 11.9 Å². The Kier molecular flexibility index (Phi) is 4.79. The Labute approximate surface area is 121 Å². The smallest absolute Gasteiger partial charge is 0.250 e. The minimum atomic E-state index is -2.35. The molecular formula is C13H18F2N6. The number of nitrogens with one attached hydrogen (secondary N) is 2. The summed E-state index contributed by atoms with van der Waals surface area (Å²) in [5.74, 6) is 0.699. The zero-order chi connectivity index (χ0) is 15.4. The molecule has 4 N–H and O–H groups in total. The molecule has 8 heteroatoms. The van der Waals surface area contributed by atoms with Gasteiger partial charge in [-0.25, -0.2) is 13.8 Å². The molecule has 114 valence electrons. The molecule has 0 saturated heterocycles. The monoisotopic (exact) mass is 296 g/mol. The van der Waals surface area contributed by atoms with Gasteiger partial charge in [0.1, 0.15) is 5.82 Å². The number of nitrogens with two attached hydrogens (primary N) is 1. The molecular weight excluding hydrogens is 278 g/mol. The fourth-order valence-electron chi connectivity index (χ4n) is 2.06. The molecule has 0 amide bonds. The third kappa shape index (κ3) is 3.94. The molecule has 0 saturated carbocycles. The molecule has 2 rings (SSSR count). The lowest BCUT2D eigenvalue weighted by atomic mass is 10.1. The average molecular weight is 296 g/mol. The maximum absolute atomic E-state index is 12.0. The number of pyridine rings is 1. The van der Waals surface area contributed by atoms with Crippen LogP contribution in [0.5, 0.6) is 0 Å². The minimum Gasteiger partial charge on any atom is -0.383 e. The lowest BCUT2D eigenvalue weighted by Crippen LogP contribution is -2.27. The highest BCUT2D eigenvalue weighted by molar-refractivity contribution is 5.89. The van der Waals surface area contributed by atoms with Crippen LogP contribution in [0.3, 0.4) is 0 Å². The van der Waals surface area contributed by atoms with Crippen LogP contribution in [0.1, 0.15) is 11.3 Å². The maximum atomic E-state index is 12.0. The third-order valence-corrected chi connectivity index (χ3v) is 2.90. The molecule has 0 bridgehead atoms. The van der Waals surface area contributed by atoms with Crippen LogP contribution < -0.4 is 16.4 Å². The summed E-state index contributed by atoms with van der Waals surface area (Å²) in [4.78, 5) is 12.8. The normalized spacial score (nSPS) is 11.3. The van der Waals surface area contributed by atoms with E-state index in [-0.39, 0.29) is 6.54 Å². The average Bonchev–Trinajstić information content (AvgIpc) is 2.36. The van der Waals surface area contributed by atoms with Crippen molar-refractivity contribution in [2.24, 2.45) is 0 Å². The van der Waals surface area contributed by atoms with E-state index in [4.69, 9.17) is 5.73 Å². The third-order valence-electron chi connectivity index (χ3n) is 2.90. The van der Waals surface area contributed by atoms with E-state index in [2.05, 4.69) is 25.6 Å². The van der Waals surface area contributed by atoms with E-state index >= 15 is 0 Å². The van der Waals surface area contributed by atoms with Gasteiger partial charge in [0.2, 0.25) is 5.95 Å². The Morgan fingerprint density at radius 3 is 2.67 bits per heavy atom. The largest absolute Gasteiger partial charge is 0.383 e. The Balaban J connectivity index is 2.08. The Hall–Kier alpha value is -2.09. The number of aryl methyl sites for hydroxylation is 2. The van der Waals surface area contributed by atoms with Crippen molar-refractivity contribution in [3.05, 3.63) is 17.3 Å². The van der Waals surface area contributed by atoms with E-state index < -0.39 is 6.43 Å². The topological polar surface area (TPSA) is 88.8 Å². The predicted octanol–water partition coefficient (Wildman–Crippen LogP) is 1.49. The fourth-order valence-corrected chi connectivity index (χ4v) is 2.06. The molecule has 6 nitrogen and oxygen atoms in total. The first-order valence-corrected chi connectivity index (χ1v) is 6.61. The molecule has 2 aromatic heterocycles. The van der Waals surface area contributed by atoms with E-state index in [1.54, 1.807) is 0 Å². The highest BCUT2D eigenvalue weighted by atomic mass is 19.3. The van der Waals surface area contributed by atoms with Crippen LogP contribution in [-0.2, 0) is 0 Å². The number of rotatable bonds is 6. The molecule has 0 unspecified atom stereocenters. The lowest BCUT2D eigenvalue weighted by Gasteiger charge is -2.10. The van der Waals surface area contributed by atoms with Gasteiger partial charge in [-0.05, 0) is 25.5 Å². The maximum Gasteiger partial charge on any atom is 0.250 e. The number of aromatic nitrogens is 3. The van der Waals surface area contributed by atoms with E-state index in [0.717, 1.165) is 16.6 Å². The van der Waals surface area contributed by atoms with Gasteiger partial charge in [0.25, 0.3) is 6.43 Å². The number of fused-ring (bicyclic) bond motifs is 1. The molecule has 0 aromatic carbocycles. The van der Waals surface area contributed by atoms with Gasteiger partial charge in [0.15, 0.2) is 5.65 Å². The van der Waals surface area contributed by atoms with Crippen molar-refractivity contribution in [1.82, 2.24) is 20.3 Å². The molecule has 2 heterocycles. The van der Waals surface area contributed by atoms with Gasteiger partial charge < -0.3 is 16.4 Å². The fraction of sp³-hybridized carbons (Fsp3) is 0.462. The van der Waals surface area contributed by atoms with Crippen LogP contribution in [0, 0.1) is 13.8 Å². The van der Waals surface area contributed by atoms with Crippen LogP contribution in [0.4, 0.5) is 20.5 Å². The van der Waals surface area contributed by atoms with Crippen LogP contribution in [-0.4, -0.2) is 41.0 Å². The van der Waals surface area contributed by atoms with Gasteiger partial charge in [0, 0.05) is 18.8 Å². The number of alkyl halides is 2. The van der Waals surface area contributed by atoms with Crippen molar-refractivity contribution in [3.63, 3.8) is 0 Å². The van der Waals surface area contributed by atoms with Gasteiger partial charge in [-0.15, -0.1) is 0 Å². The Morgan fingerprint density at radius 2 is 1.95 bits per heavy atom. The van der Waals surface area contributed by atoms with Crippen LogP contribution >= 0.6 is 0 Å². The lowest BCUT2D eigenvalue weighted by molar-refractivity contribution is 0.146. The second-order valence-electron chi connectivity index (χ2n) is 4.73. The number of halogens is 2. The predicted molar refractivity (Wildman–Crippen MR) is 78.6 cm³/mol. The summed E-state index contributed by atoms with van der Waals surface area (Å²) in [5.41, 5.74) is 8.28. The van der Waals surface area contributed by atoms with E-state index in [1.165, 1.54) is 0 Å². The summed E-state index contributed by atoms with van der Waals surface area (Å²) in [7, 11) is 0. The zero-order valence-corrected chi connectivity index (χ0v) is 12.0. The summed E-state index contributed by atoms with van der Waals surface area (Å²) in [6.07, 6.45) is -2.35. The van der Waals surface area contributed by atoms with Crippen molar-refractivity contribution in [1.29, 1.82) is 0 Å². The molecule has 0 radical (unpaired) electrons. The SMILES string of the molecule is Cc1cc(C)c2c(N)nc(NCCNCC(F)F)nc2n1. The highest BCUT2D eigenvalue weighted by Gasteiger charge is 2.09. The van der Waals surface area contributed by atoms with E-state index in [9.17, 15) is 8.78 Å². The molecule has 0 fully saturated rings. The zero-order valence-electron chi connectivity index (χ0n) is 12.0. The summed E-state index contributed by atoms with van der Waals surface area (Å²) in [6.45, 7) is 4.28. The number of hydrogen-bond acceptors (Lipinski definition) is 6. The molecule has 0 atom stereocenters. The standard InChI is InChI=1S/C13H18F2N6/c1-7-5-8(2)19-12-10(7)11(16)20-13(21-12)18-4-3-17-6-9(14)15/h5,9,17H,3-4,6H2,1-2H3,(H3,16,18,19,20,21). The molecule has 2 aromatic rings.